The Balaban J connectivity index is 2.74. The van der Waals surface area contributed by atoms with E-state index < -0.39 is 0 Å². The Kier molecular flexibility index (Phi) is 4.98. The van der Waals surface area contributed by atoms with Crippen molar-refractivity contribution in [2.75, 3.05) is 13.2 Å². The SMILES string of the molecule is CCNCc1cc(OCC)ccc1Br. The van der Waals surface area contributed by atoms with E-state index >= 15 is 0 Å². The van der Waals surface area contributed by atoms with Gasteiger partial charge in [0.05, 0.1) is 6.61 Å². The minimum absolute atomic E-state index is 0.711. The maximum absolute atomic E-state index is 5.43. The molecular formula is C11H16BrNO. The van der Waals surface area contributed by atoms with Crippen molar-refractivity contribution in [2.45, 2.75) is 20.4 Å². The number of hydrogen-bond donors (Lipinski definition) is 1. The van der Waals surface area contributed by atoms with Crippen LogP contribution in [0.3, 0.4) is 0 Å². The summed E-state index contributed by atoms with van der Waals surface area (Å²) < 4.78 is 6.56. The van der Waals surface area contributed by atoms with Gasteiger partial charge in [0, 0.05) is 11.0 Å². The van der Waals surface area contributed by atoms with Crippen LogP contribution in [-0.4, -0.2) is 13.2 Å². The highest BCUT2D eigenvalue weighted by Gasteiger charge is 2.01. The molecule has 0 fully saturated rings. The lowest BCUT2D eigenvalue weighted by atomic mass is 10.2. The first-order chi connectivity index (χ1) is 6.77. The molecule has 0 spiro atoms. The third-order valence-electron chi connectivity index (χ3n) is 1.89. The first-order valence-electron chi connectivity index (χ1n) is 4.89. The van der Waals surface area contributed by atoms with Gasteiger partial charge in [0.1, 0.15) is 5.75 Å². The Morgan fingerprint density at radius 1 is 1.36 bits per heavy atom. The van der Waals surface area contributed by atoms with E-state index in [1.807, 2.05) is 19.1 Å². The van der Waals surface area contributed by atoms with Crippen molar-refractivity contribution < 1.29 is 4.74 Å². The molecule has 78 valence electrons. The molecule has 1 rings (SSSR count). The third kappa shape index (κ3) is 3.31. The van der Waals surface area contributed by atoms with Gasteiger partial charge in [-0.05, 0) is 37.2 Å². The molecule has 14 heavy (non-hydrogen) atoms. The van der Waals surface area contributed by atoms with E-state index in [1.165, 1.54) is 5.56 Å². The second-order valence-electron chi connectivity index (χ2n) is 2.97. The van der Waals surface area contributed by atoms with E-state index in [4.69, 9.17) is 4.74 Å². The molecule has 0 radical (unpaired) electrons. The Morgan fingerprint density at radius 2 is 2.14 bits per heavy atom. The smallest absolute Gasteiger partial charge is 0.119 e. The van der Waals surface area contributed by atoms with E-state index in [-0.39, 0.29) is 0 Å². The summed E-state index contributed by atoms with van der Waals surface area (Å²) >= 11 is 3.52. The van der Waals surface area contributed by atoms with Gasteiger partial charge in [-0.1, -0.05) is 22.9 Å². The highest BCUT2D eigenvalue weighted by atomic mass is 79.9. The fourth-order valence-electron chi connectivity index (χ4n) is 1.20. The van der Waals surface area contributed by atoms with Crippen LogP contribution in [-0.2, 0) is 6.54 Å². The molecule has 1 aromatic carbocycles. The first kappa shape index (κ1) is 11.5. The minimum Gasteiger partial charge on any atom is -0.494 e. The zero-order valence-electron chi connectivity index (χ0n) is 8.64. The summed E-state index contributed by atoms with van der Waals surface area (Å²) in [5, 5.41) is 3.29. The summed E-state index contributed by atoms with van der Waals surface area (Å²) in [6, 6.07) is 6.07. The van der Waals surface area contributed by atoms with Crippen molar-refractivity contribution in [3.05, 3.63) is 28.2 Å². The molecule has 0 saturated carbocycles. The van der Waals surface area contributed by atoms with Gasteiger partial charge in [0.2, 0.25) is 0 Å². The van der Waals surface area contributed by atoms with Crippen molar-refractivity contribution >= 4 is 15.9 Å². The summed E-state index contributed by atoms with van der Waals surface area (Å²) in [6.45, 7) is 6.65. The number of benzene rings is 1. The average Bonchev–Trinajstić information content (AvgIpc) is 2.19. The molecule has 1 N–H and O–H groups in total. The van der Waals surface area contributed by atoms with Gasteiger partial charge in [-0.3, -0.25) is 0 Å². The molecule has 0 aliphatic rings. The van der Waals surface area contributed by atoms with E-state index in [2.05, 4.69) is 34.2 Å². The van der Waals surface area contributed by atoms with Crippen molar-refractivity contribution in [3.8, 4) is 5.75 Å². The molecule has 2 nitrogen and oxygen atoms in total. The summed E-state index contributed by atoms with van der Waals surface area (Å²) in [4.78, 5) is 0. The molecule has 3 heteroatoms. The number of ether oxygens (including phenoxy) is 1. The molecular weight excluding hydrogens is 242 g/mol. The Labute approximate surface area is 93.8 Å². The minimum atomic E-state index is 0.711. The van der Waals surface area contributed by atoms with Crippen molar-refractivity contribution in [2.24, 2.45) is 0 Å². The van der Waals surface area contributed by atoms with Gasteiger partial charge >= 0.3 is 0 Å². The second kappa shape index (κ2) is 6.04. The molecule has 0 aliphatic heterocycles. The summed E-state index contributed by atoms with van der Waals surface area (Å²) in [5.41, 5.74) is 1.23. The Bertz CT molecular complexity index is 289. The van der Waals surface area contributed by atoms with Crippen LogP contribution in [0.15, 0.2) is 22.7 Å². The van der Waals surface area contributed by atoms with Gasteiger partial charge in [0.15, 0.2) is 0 Å². The highest BCUT2D eigenvalue weighted by molar-refractivity contribution is 9.10. The summed E-state index contributed by atoms with van der Waals surface area (Å²) in [6.07, 6.45) is 0. The van der Waals surface area contributed by atoms with Crippen molar-refractivity contribution in [3.63, 3.8) is 0 Å². The molecule has 0 atom stereocenters. The van der Waals surface area contributed by atoms with E-state index in [1.54, 1.807) is 0 Å². The van der Waals surface area contributed by atoms with Gasteiger partial charge < -0.3 is 10.1 Å². The van der Waals surface area contributed by atoms with E-state index in [0.717, 1.165) is 23.3 Å². The third-order valence-corrected chi connectivity index (χ3v) is 2.67. The molecule has 0 aliphatic carbocycles. The van der Waals surface area contributed by atoms with E-state index in [9.17, 15) is 0 Å². The van der Waals surface area contributed by atoms with Crippen LogP contribution in [0.1, 0.15) is 19.4 Å². The Morgan fingerprint density at radius 3 is 2.79 bits per heavy atom. The number of nitrogens with one attached hydrogen (secondary N) is 1. The zero-order valence-corrected chi connectivity index (χ0v) is 10.2. The van der Waals surface area contributed by atoms with Crippen LogP contribution in [0.2, 0.25) is 0 Å². The molecule has 0 bridgehead atoms. The first-order valence-corrected chi connectivity index (χ1v) is 5.69. The van der Waals surface area contributed by atoms with Gasteiger partial charge in [-0.25, -0.2) is 0 Å². The predicted octanol–water partition coefficient (Wildman–Crippen LogP) is 2.96. The molecule has 0 amide bonds. The van der Waals surface area contributed by atoms with Crippen LogP contribution in [0.5, 0.6) is 5.75 Å². The largest absolute Gasteiger partial charge is 0.494 e. The normalized spacial score (nSPS) is 10.2. The highest BCUT2D eigenvalue weighted by Crippen LogP contribution is 2.22. The lowest BCUT2D eigenvalue weighted by molar-refractivity contribution is 0.339. The maximum atomic E-state index is 5.43. The van der Waals surface area contributed by atoms with Crippen LogP contribution in [0.25, 0.3) is 0 Å². The quantitative estimate of drug-likeness (QED) is 0.876. The topological polar surface area (TPSA) is 21.3 Å². The number of rotatable bonds is 5. The zero-order chi connectivity index (χ0) is 10.4. The number of halogens is 1. The molecule has 0 heterocycles. The van der Waals surface area contributed by atoms with Gasteiger partial charge in [-0.15, -0.1) is 0 Å². The standard InChI is InChI=1S/C11H16BrNO/c1-3-13-8-9-7-10(14-4-2)5-6-11(9)12/h5-7,13H,3-4,8H2,1-2H3. The lowest BCUT2D eigenvalue weighted by Gasteiger charge is -2.08. The fraction of sp³-hybridized carbons (Fsp3) is 0.455. The van der Waals surface area contributed by atoms with Gasteiger partial charge in [-0.2, -0.15) is 0 Å². The van der Waals surface area contributed by atoms with Gasteiger partial charge in [0.25, 0.3) is 0 Å². The second-order valence-corrected chi connectivity index (χ2v) is 3.82. The summed E-state index contributed by atoms with van der Waals surface area (Å²) in [7, 11) is 0. The monoisotopic (exact) mass is 257 g/mol. The molecule has 0 unspecified atom stereocenters. The van der Waals surface area contributed by atoms with Crippen LogP contribution in [0, 0.1) is 0 Å². The predicted molar refractivity (Wildman–Crippen MR) is 62.7 cm³/mol. The number of hydrogen-bond acceptors (Lipinski definition) is 2. The summed E-state index contributed by atoms with van der Waals surface area (Å²) in [5.74, 6) is 0.934. The lowest BCUT2D eigenvalue weighted by Crippen LogP contribution is -2.12. The molecule has 0 aromatic heterocycles. The Hall–Kier alpha value is -0.540. The van der Waals surface area contributed by atoms with Crippen molar-refractivity contribution in [1.29, 1.82) is 0 Å². The average molecular weight is 258 g/mol. The molecule has 1 aromatic rings. The fourth-order valence-corrected chi connectivity index (χ4v) is 1.59. The van der Waals surface area contributed by atoms with Crippen molar-refractivity contribution in [1.82, 2.24) is 5.32 Å². The van der Waals surface area contributed by atoms with E-state index in [0.29, 0.717) is 6.61 Å². The molecule has 0 saturated heterocycles. The van der Waals surface area contributed by atoms with Crippen LogP contribution >= 0.6 is 15.9 Å². The maximum Gasteiger partial charge on any atom is 0.119 e. The van der Waals surface area contributed by atoms with Crippen LogP contribution in [0.4, 0.5) is 0 Å². The van der Waals surface area contributed by atoms with Crippen LogP contribution < -0.4 is 10.1 Å².